The quantitative estimate of drug-likeness (QED) is 0.795. The summed E-state index contributed by atoms with van der Waals surface area (Å²) in [5.41, 5.74) is 1.41. The van der Waals surface area contributed by atoms with E-state index in [1.54, 1.807) is 4.90 Å². The van der Waals surface area contributed by atoms with Crippen LogP contribution in [0.3, 0.4) is 0 Å². The number of hydrogen-bond acceptors (Lipinski definition) is 5. The van der Waals surface area contributed by atoms with Crippen LogP contribution < -0.4 is 0 Å². The van der Waals surface area contributed by atoms with E-state index in [4.69, 9.17) is 0 Å². The normalized spacial score (nSPS) is 18.3. The number of nitrogens with one attached hydrogen (secondary N) is 1. The summed E-state index contributed by atoms with van der Waals surface area (Å²) in [4.78, 5) is 27.0. The number of carboxylic acid groups (broad SMARTS) is 1. The number of aryl methyl sites for hydroxylation is 1. The Morgan fingerprint density at radius 1 is 1.32 bits per heavy atom. The van der Waals surface area contributed by atoms with E-state index in [0.29, 0.717) is 18.7 Å². The van der Waals surface area contributed by atoms with Crippen LogP contribution >= 0.6 is 11.8 Å². The molecule has 2 N–H and O–H groups in total. The maximum Gasteiger partial charge on any atom is 0.358 e. The maximum absolute atomic E-state index is 12.9. The number of rotatable bonds is 5. The molecule has 1 aliphatic heterocycles. The Hall–Kier alpha value is -2.35. The van der Waals surface area contributed by atoms with E-state index in [9.17, 15) is 14.7 Å². The Balaban J connectivity index is 1.75. The van der Waals surface area contributed by atoms with Crippen molar-refractivity contribution in [3.05, 3.63) is 41.2 Å². The Labute approximate surface area is 149 Å². The van der Waals surface area contributed by atoms with Crippen molar-refractivity contribution in [2.45, 2.75) is 42.9 Å². The second-order valence-corrected chi connectivity index (χ2v) is 7.54. The third-order valence-electron chi connectivity index (χ3n) is 4.31. The molecule has 0 bridgehead atoms. The van der Waals surface area contributed by atoms with Gasteiger partial charge >= 0.3 is 5.97 Å². The van der Waals surface area contributed by atoms with Gasteiger partial charge in [0.1, 0.15) is 5.69 Å². The highest BCUT2D eigenvalue weighted by atomic mass is 32.2. The topological polar surface area (TPSA) is 99.2 Å². The van der Waals surface area contributed by atoms with Gasteiger partial charge in [0.25, 0.3) is 0 Å². The predicted octanol–water partition coefficient (Wildman–Crippen LogP) is 2.66. The van der Waals surface area contributed by atoms with Crippen LogP contribution in [-0.4, -0.2) is 49.1 Å². The number of nitrogens with zero attached hydrogens (tertiary/aromatic N) is 3. The molecule has 2 unspecified atom stereocenters. The molecule has 1 fully saturated rings. The number of carbonyl (C=O) groups excluding carboxylic acids is 1. The maximum atomic E-state index is 12.9. The summed E-state index contributed by atoms with van der Waals surface area (Å²) in [5.74, 6) is -1.14. The van der Waals surface area contributed by atoms with E-state index < -0.39 is 5.97 Å². The smallest absolute Gasteiger partial charge is 0.358 e. The Morgan fingerprint density at radius 2 is 2.04 bits per heavy atom. The fourth-order valence-corrected chi connectivity index (χ4v) is 3.99. The first kappa shape index (κ1) is 17.5. The Morgan fingerprint density at radius 3 is 2.72 bits per heavy atom. The fraction of sp³-hybridized carbons (Fsp3) is 0.412. The van der Waals surface area contributed by atoms with Gasteiger partial charge in [0.15, 0.2) is 5.69 Å². The largest absolute Gasteiger partial charge is 0.476 e. The van der Waals surface area contributed by atoms with Crippen LogP contribution in [0.5, 0.6) is 0 Å². The number of benzene rings is 1. The van der Waals surface area contributed by atoms with Crippen molar-refractivity contribution in [1.29, 1.82) is 0 Å². The molecule has 2 heterocycles. The van der Waals surface area contributed by atoms with E-state index in [1.807, 2.05) is 38.1 Å². The van der Waals surface area contributed by atoms with E-state index in [-0.39, 0.29) is 22.9 Å². The molecule has 3 rings (SSSR count). The summed E-state index contributed by atoms with van der Waals surface area (Å²) in [5, 5.41) is 19.0. The molecule has 132 valence electrons. The second kappa shape index (κ2) is 7.26. The summed E-state index contributed by atoms with van der Waals surface area (Å²) in [6.07, 6.45) is 1.52. The summed E-state index contributed by atoms with van der Waals surface area (Å²) in [6, 6.07) is 7.72. The fourth-order valence-electron chi connectivity index (χ4n) is 3.05. The van der Waals surface area contributed by atoms with Gasteiger partial charge in [-0.05, 0) is 38.8 Å². The summed E-state index contributed by atoms with van der Waals surface area (Å²) in [7, 11) is 0. The molecule has 1 aromatic heterocycles. The standard InChI is InChI=1S/C17H20N4O3S/c1-10-5-7-12(8-6-10)25-11(2)16(22)21-9-3-4-13(21)14-15(17(23)24)19-20-18-14/h5-8,11,13H,3-4,9H2,1-2H3,(H,23,24)(H,18,19,20). The average molecular weight is 360 g/mol. The number of hydrogen-bond donors (Lipinski definition) is 2. The van der Waals surface area contributed by atoms with Crippen molar-refractivity contribution >= 4 is 23.6 Å². The van der Waals surface area contributed by atoms with E-state index in [2.05, 4.69) is 15.4 Å². The van der Waals surface area contributed by atoms with Crippen LogP contribution in [0.15, 0.2) is 29.2 Å². The summed E-state index contributed by atoms with van der Waals surface area (Å²) >= 11 is 1.51. The van der Waals surface area contributed by atoms with Gasteiger partial charge in [-0.1, -0.05) is 17.7 Å². The lowest BCUT2D eigenvalue weighted by Crippen LogP contribution is -2.36. The van der Waals surface area contributed by atoms with Gasteiger partial charge in [-0.2, -0.15) is 10.3 Å². The zero-order valence-electron chi connectivity index (χ0n) is 14.1. The SMILES string of the molecule is Cc1ccc(SC(C)C(=O)N2CCCC2c2n[nH]nc2C(=O)O)cc1. The number of carbonyl (C=O) groups is 2. The zero-order chi connectivity index (χ0) is 18.0. The van der Waals surface area contributed by atoms with Gasteiger partial charge < -0.3 is 10.0 Å². The number of H-pyrrole nitrogens is 1. The van der Waals surface area contributed by atoms with E-state index in [0.717, 1.165) is 11.3 Å². The van der Waals surface area contributed by atoms with E-state index >= 15 is 0 Å². The van der Waals surface area contributed by atoms with Gasteiger partial charge in [0.05, 0.1) is 11.3 Å². The first-order valence-electron chi connectivity index (χ1n) is 8.15. The van der Waals surface area contributed by atoms with Crippen LogP contribution in [0.4, 0.5) is 0 Å². The van der Waals surface area contributed by atoms with Crippen LogP contribution in [0.1, 0.15) is 47.6 Å². The molecular formula is C17H20N4O3S. The molecule has 1 aliphatic rings. The monoisotopic (exact) mass is 360 g/mol. The Kier molecular flexibility index (Phi) is 5.08. The molecule has 0 spiro atoms. The van der Waals surface area contributed by atoms with Crippen molar-refractivity contribution in [2.24, 2.45) is 0 Å². The predicted molar refractivity (Wildman–Crippen MR) is 93.5 cm³/mol. The lowest BCUT2D eigenvalue weighted by atomic mass is 10.1. The van der Waals surface area contributed by atoms with Crippen molar-refractivity contribution < 1.29 is 14.7 Å². The highest BCUT2D eigenvalue weighted by molar-refractivity contribution is 8.00. The van der Waals surface area contributed by atoms with Crippen LogP contribution in [0, 0.1) is 6.92 Å². The molecule has 0 saturated carbocycles. The van der Waals surface area contributed by atoms with Gasteiger partial charge in [0, 0.05) is 11.4 Å². The number of carboxylic acids is 1. The number of aromatic carboxylic acids is 1. The molecule has 0 aliphatic carbocycles. The average Bonchev–Trinajstić information content (AvgIpc) is 3.24. The molecular weight excluding hydrogens is 340 g/mol. The number of aromatic amines is 1. The molecule has 1 amide bonds. The molecule has 8 heteroatoms. The van der Waals surface area contributed by atoms with Crippen LogP contribution in [-0.2, 0) is 4.79 Å². The molecule has 2 aromatic rings. The van der Waals surface area contributed by atoms with Crippen LogP contribution in [0.2, 0.25) is 0 Å². The number of thioether (sulfide) groups is 1. The van der Waals surface area contributed by atoms with Crippen molar-refractivity contribution in [3.63, 3.8) is 0 Å². The highest BCUT2D eigenvalue weighted by Crippen LogP contribution is 2.35. The number of likely N-dealkylation sites (tertiary alicyclic amines) is 1. The first-order valence-corrected chi connectivity index (χ1v) is 9.03. The molecule has 1 saturated heterocycles. The van der Waals surface area contributed by atoms with Crippen molar-refractivity contribution in [3.8, 4) is 0 Å². The van der Waals surface area contributed by atoms with Gasteiger partial charge in [-0.25, -0.2) is 4.79 Å². The molecule has 1 aromatic carbocycles. The minimum Gasteiger partial charge on any atom is -0.476 e. The lowest BCUT2D eigenvalue weighted by Gasteiger charge is -2.26. The minimum atomic E-state index is -1.13. The van der Waals surface area contributed by atoms with Crippen molar-refractivity contribution in [1.82, 2.24) is 20.3 Å². The van der Waals surface area contributed by atoms with Gasteiger partial charge in [-0.3, -0.25) is 4.79 Å². The third kappa shape index (κ3) is 3.68. The number of amides is 1. The molecule has 7 nitrogen and oxygen atoms in total. The highest BCUT2D eigenvalue weighted by Gasteiger charge is 2.36. The second-order valence-electron chi connectivity index (χ2n) is 6.13. The third-order valence-corrected chi connectivity index (χ3v) is 5.41. The molecule has 25 heavy (non-hydrogen) atoms. The minimum absolute atomic E-state index is 0.00702. The van der Waals surface area contributed by atoms with E-state index in [1.165, 1.54) is 17.3 Å². The summed E-state index contributed by atoms with van der Waals surface area (Å²) < 4.78 is 0. The van der Waals surface area contributed by atoms with Crippen LogP contribution in [0.25, 0.3) is 0 Å². The van der Waals surface area contributed by atoms with Gasteiger partial charge in [-0.15, -0.1) is 16.9 Å². The summed E-state index contributed by atoms with van der Waals surface area (Å²) in [6.45, 7) is 4.51. The first-order chi connectivity index (χ1) is 12.0. The molecule has 0 radical (unpaired) electrons. The van der Waals surface area contributed by atoms with Crippen molar-refractivity contribution in [2.75, 3.05) is 6.54 Å². The zero-order valence-corrected chi connectivity index (χ0v) is 14.9. The number of aromatic nitrogens is 3. The Bertz CT molecular complexity index is 774. The lowest BCUT2D eigenvalue weighted by molar-refractivity contribution is -0.131. The van der Waals surface area contributed by atoms with Gasteiger partial charge in [0.2, 0.25) is 5.91 Å². The molecule has 2 atom stereocenters.